The molecule has 0 atom stereocenters. The van der Waals surface area contributed by atoms with E-state index in [2.05, 4.69) is 15.6 Å². The number of aliphatic imine (C=N–C) groups is 1. The monoisotopic (exact) mass is 435 g/mol. The topological polar surface area (TPSA) is 54.9 Å². The van der Waals surface area contributed by atoms with Crippen LogP contribution in [-0.2, 0) is 4.74 Å². The van der Waals surface area contributed by atoms with Crippen LogP contribution in [0, 0.1) is 0 Å². The van der Waals surface area contributed by atoms with Crippen molar-refractivity contribution in [2.75, 3.05) is 33.4 Å². The van der Waals surface area contributed by atoms with Crippen molar-refractivity contribution in [2.24, 2.45) is 4.99 Å². The third-order valence-corrected chi connectivity index (χ3v) is 2.91. The van der Waals surface area contributed by atoms with Crippen LogP contribution in [0.25, 0.3) is 0 Å². The molecule has 0 aromatic heterocycles. The molecule has 132 valence electrons. The molecule has 0 heterocycles. The highest BCUT2D eigenvalue weighted by Gasteiger charge is 1.98. The average molecular weight is 435 g/mol. The van der Waals surface area contributed by atoms with Gasteiger partial charge in [0.05, 0.1) is 12.7 Å². The van der Waals surface area contributed by atoms with Gasteiger partial charge in [0.25, 0.3) is 0 Å². The highest BCUT2D eigenvalue weighted by atomic mass is 127. The van der Waals surface area contributed by atoms with Crippen LogP contribution in [0.15, 0.2) is 35.3 Å². The van der Waals surface area contributed by atoms with Crippen LogP contribution >= 0.6 is 24.0 Å². The zero-order chi connectivity index (χ0) is 16.0. The fourth-order valence-corrected chi connectivity index (χ4v) is 1.80. The number of halogens is 1. The normalized spacial score (nSPS) is 11.0. The molecule has 1 aromatic rings. The van der Waals surface area contributed by atoms with Gasteiger partial charge in [-0.2, -0.15) is 0 Å². The summed E-state index contributed by atoms with van der Waals surface area (Å²) < 4.78 is 11.1. The van der Waals surface area contributed by atoms with E-state index in [1.54, 1.807) is 7.05 Å². The molecule has 0 aliphatic heterocycles. The van der Waals surface area contributed by atoms with E-state index in [9.17, 15) is 0 Å². The van der Waals surface area contributed by atoms with Gasteiger partial charge in [-0.3, -0.25) is 4.99 Å². The first kappa shape index (κ1) is 22.0. The largest absolute Gasteiger partial charge is 0.494 e. The second-order valence-electron chi connectivity index (χ2n) is 5.21. The van der Waals surface area contributed by atoms with Crippen molar-refractivity contribution in [1.29, 1.82) is 0 Å². The van der Waals surface area contributed by atoms with Crippen LogP contribution in [0.1, 0.15) is 26.7 Å². The van der Waals surface area contributed by atoms with E-state index >= 15 is 0 Å². The predicted octanol–water partition coefficient (Wildman–Crippen LogP) is 3.05. The third kappa shape index (κ3) is 12.1. The number of guanidine groups is 1. The summed E-state index contributed by atoms with van der Waals surface area (Å²) in [6.45, 7) is 7.24. The predicted molar refractivity (Wildman–Crippen MR) is 107 cm³/mol. The molecule has 0 saturated carbocycles. The van der Waals surface area contributed by atoms with Crippen LogP contribution in [0.2, 0.25) is 0 Å². The van der Waals surface area contributed by atoms with Crippen molar-refractivity contribution < 1.29 is 9.47 Å². The highest BCUT2D eigenvalue weighted by molar-refractivity contribution is 14.0. The molecule has 0 saturated heterocycles. The summed E-state index contributed by atoms with van der Waals surface area (Å²) in [6.07, 6.45) is 2.18. The Hall–Kier alpha value is -1.02. The van der Waals surface area contributed by atoms with Gasteiger partial charge in [0, 0.05) is 26.7 Å². The van der Waals surface area contributed by atoms with Gasteiger partial charge < -0.3 is 20.1 Å². The van der Waals surface area contributed by atoms with Gasteiger partial charge in [-0.1, -0.05) is 18.2 Å². The van der Waals surface area contributed by atoms with Crippen LogP contribution in [0.3, 0.4) is 0 Å². The Kier molecular flexibility index (Phi) is 13.9. The average Bonchev–Trinajstić information content (AvgIpc) is 2.53. The van der Waals surface area contributed by atoms with Crippen molar-refractivity contribution >= 4 is 29.9 Å². The molecule has 0 aliphatic carbocycles. The molecule has 6 heteroatoms. The third-order valence-electron chi connectivity index (χ3n) is 2.91. The number of ether oxygens (including phenoxy) is 2. The van der Waals surface area contributed by atoms with Crippen LogP contribution in [0.4, 0.5) is 0 Å². The fraction of sp³-hybridized carbons (Fsp3) is 0.588. The molecular formula is C17H30IN3O2. The van der Waals surface area contributed by atoms with Crippen LogP contribution < -0.4 is 15.4 Å². The summed E-state index contributed by atoms with van der Waals surface area (Å²) >= 11 is 0. The van der Waals surface area contributed by atoms with E-state index in [0.717, 1.165) is 44.2 Å². The van der Waals surface area contributed by atoms with Gasteiger partial charge in [0.15, 0.2) is 5.96 Å². The lowest BCUT2D eigenvalue weighted by molar-refractivity contribution is 0.0776. The Labute approximate surface area is 157 Å². The first-order valence-corrected chi connectivity index (χ1v) is 7.96. The Morgan fingerprint density at radius 2 is 1.65 bits per heavy atom. The molecule has 0 spiro atoms. The first-order valence-electron chi connectivity index (χ1n) is 7.96. The van der Waals surface area contributed by atoms with E-state index in [-0.39, 0.29) is 24.0 Å². The van der Waals surface area contributed by atoms with E-state index < -0.39 is 0 Å². The summed E-state index contributed by atoms with van der Waals surface area (Å²) in [4.78, 5) is 4.19. The molecule has 0 radical (unpaired) electrons. The minimum Gasteiger partial charge on any atom is -0.494 e. The van der Waals surface area contributed by atoms with Gasteiger partial charge >= 0.3 is 0 Å². The maximum atomic E-state index is 5.64. The SMILES string of the molecule is CN=C(NCCCOc1ccccc1)NCCCOC(C)C.I. The molecule has 23 heavy (non-hydrogen) atoms. The van der Waals surface area contributed by atoms with E-state index in [1.807, 2.05) is 44.2 Å². The first-order chi connectivity index (χ1) is 10.7. The fourth-order valence-electron chi connectivity index (χ4n) is 1.80. The zero-order valence-corrected chi connectivity index (χ0v) is 16.7. The zero-order valence-electron chi connectivity index (χ0n) is 14.4. The van der Waals surface area contributed by atoms with Crippen molar-refractivity contribution in [3.63, 3.8) is 0 Å². The summed E-state index contributed by atoms with van der Waals surface area (Å²) in [5.74, 6) is 1.74. The number of nitrogens with zero attached hydrogens (tertiary/aromatic N) is 1. The number of hydrogen-bond donors (Lipinski definition) is 2. The van der Waals surface area contributed by atoms with E-state index in [0.29, 0.717) is 12.7 Å². The maximum Gasteiger partial charge on any atom is 0.190 e. The minimum atomic E-state index is 0. The molecule has 2 N–H and O–H groups in total. The summed E-state index contributed by atoms with van der Waals surface area (Å²) in [5.41, 5.74) is 0. The van der Waals surface area contributed by atoms with Crippen molar-refractivity contribution in [1.82, 2.24) is 10.6 Å². The summed E-state index contributed by atoms with van der Waals surface area (Å²) in [5, 5.41) is 6.54. The second kappa shape index (κ2) is 14.6. The lowest BCUT2D eigenvalue weighted by Gasteiger charge is -2.13. The van der Waals surface area contributed by atoms with Crippen molar-refractivity contribution in [3.8, 4) is 5.75 Å². The molecule has 0 amide bonds. The van der Waals surface area contributed by atoms with E-state index in [1.165, 1.54) is 0 Å². The quantitative estimate of drug-likeness (QED) is 0.257. The van der Waals surface area contributed by atoms with Gasteiger partial charge in [-0.05, 0) is 38.8 Å². The van der Waals surface area contributed by atoms with Gasteiger partial charge in [-0.25, -0.2) is 0 Å². The van der Waals surface area contributed by atoms with Crippen molar-refractivity contribution in [2.45, 2.75) is 32.8 Å². The van der Waals surface area contributed by atoms with Crippen LogP contribution in [-0.4, -0.2) is 45.4 Å². The molecule has 0 unspecified atom stereocenters. The second-order valence-corrected chi connectivity index (χ2v) is 5.21. The van der Waals surface area contributed by atoms with Crippen molar-refractivity contribution in [3.05, 3.63) is 30.3 Å². The molecule has 5 nitrogen and oxygen atoms in total. The molecule has 0 bridgehead atoms. The molecule has 1 aromatic carbocycles. The molecule has 0 aliphatic rings. The Balaban J connectivity index is 0.00000484. The summed E-state index contributed by atoms with van der Waals surface area (Å²) in [6, 6.07) is 9.86. The van der Waals surface area contributed by atoms with E-state index in [4.69, 9.17) is 9.47 Å². The van der Waals surface area contributed by atoms with Gasteiger partial charge in [0.2, 0.25) is 0 Å². The Morgan fingerprint density at radius 3 is 2.22 bits per heavy atom. The Morgan fingerprint density at radius 1 is 1.04 bits per heavy atom. The summed E-state index contributed by atoms with van der Waals surface area (Å²) in [7, 11) is 1.78. The minimum absolute atomic E-state index is 0. The van der Waals surface area contributed by atoms with Gasteiger partial charge in [0.1, 0.15) is 5.75 Å². The molecule has 1 rings (SSSR count). The van der Waals surface area contributed by atoms with Crippen LogP contribution in [0.5, 0.6) is 5.75 Å². The lowest BCUT2D eigenvalue weighted by atomic mass is 10.3. The standard InChI is InChI=1S/C17H29N3O2.HI/c1-15(2)21-13-7-11-19-17(18-3)20-12-8-14-22-16-9-5-4-6-10-16;/h4-6,9-10,15H,7-8,11-14H2,1-3H3,(H2,18,19,20);1H. The lowest BCUT2D eigenvalue weighted by Crippen LogP contribution is -2.38. The number of nitrogens with one attached hydrogen (secondary N) is 2. The Bertz CT molecular complexity index is 414. The number of rotatable bonds is 10. The molecule has 0 fully saturated rings. The number of benzene rings is 1. The molecular weight excluding hydrogens is 405 g/mol. The highest BCUT2D eigenvalue weighted by Crippen LogP contribution is 2.07. The number of hydrogen-bond acceptors (Lipinski definition) is 3. The van der Waals surface area contributed by atoms with Gasteiger partial charge in [-0.15, -0.1) is 24.0 Å². The number of para-hydroxylation sites is 1. The smallest absolute Gasteiger partial charge is 0.190 e. The maximum absolute atomic E-state index is 5.64.